The SMILES string of the molecule is C/C(=N/NC(=O)CN1CCCCCC1=O)c1ccc(Cl)cc1Cl. The summed E-state index contributed by atoms with van der Waals surface area (Å²) in [4.78, 5) is 25.4. The second kappa shape index (κ2) is 8.31. The molecule has 1 heterocycles. The fourth-order valence-electron chi connectivity index (χ4n) is 2.40. The predicted octanol–water partition coefficient (Wildman–Crippen LogP) is 3.24. The zero-order valence-corrected chi connectivity index (χ0v) is 14.5. The van der Waals surface area contributed by atoms with Gasteiger partial charge in [-0.1, -0.05) is 35.7 Å². The van der Waals surface area contributed by atoms with Gasteiger partial charge in [0.05, 0.1) is 10.7 Å². The Labute approximate surface area is 145 Å². The summed E-state index contributed by atoms with van der Waals surface area (Å²) < 4.78 is 0. The van der Waals surface area contributed by atoms with Crippen molar-refractivity contribution in [3.8, 4) is 0 Å². The maximum absolute atomic E-state index is 12.0. The monoisotopic (exact) mass is 355 g/mol. The highest BCUT2D eigenvalue weighted by molar-refractivity contribution is 6.37. The molecule has 0 aromatic heterocycles. The summed E-state index contributed by atoms with van der Waals surface area (Å²) in [6.07, 6.45) is 3.36. The molecule has 1 N–H and O–H groups in total. The topological polar surface area (TPSA) is 61.8 Å². The van der Waals surface area contributed by atoms with E-state index in [9.17, 15) is 9.59 Å². The lowest BCUT2D eigenvalue weighted by Gasteiger charge is -2.19. The van der Waals surface area contributed by atoms with Gasteiger partial charge in [-0.15, -0.1) is 0 Å². The Bertz CT molecular complexity index is 632. The van der Waals surface area contributed by atoms with E-state index in [4.69, 9.17) is 23.2 Å². The highest BCUT2D eigenvalue weighted by atomic mass is 35.5. The van der Waals surface area contributed by atoms with Gasteiger partial charge in [0.2, 0.25) is 5.91 Å². The van der Waals surface area contributed by atoms with Gasteiger partial charge in [-0.2, -0.15) is 5.10 Å². The standard InChI is InChI=1S/C16H19Cl2N3O2/c1-11(13-7-6-12(17)9-14(13)18)19-20-15(22)10-21-8-4-2-3-5-16(21)23/h6-7,9H,2-5,8,10H2,1H3,(H,20,22)/b19-11-. The van der Waals surface area contributed by atoms with Gasteiger partial charge < -0.3 is 4.90 Å². The third kappa shape index (κ3) is 5.22. The van der Waals surface area contributed by atoms with E-state index in [1.165, 1.54) is 0 Å². The van der Waals surface area contributed by atoms with Crippen LogP contribution >= 0.6 is 23.2 Å². The van der Waals surface area contributed by atoms with Crippen molar-refractivity contribution in [3.63, 3.8) is 0 Å². The van der Waals surface area contributed by atoms with Crippen molar-refractivity contribution in [3.05, 3.63) is 33.8 Å². The van der Waals surface area contributed by atoms with Crippen LogP contribution in [0.2, 0.25) is 10.0 Å². The molecule has 23 heavy (non-hydrogen) atoms. The number of carbonyl (C=O) groups excluding carboxylic acids is 2. The summed E-state index contributed by atoms with van der Waals surface area (Å²) >= 11 is 12.0. The first-order valence-corrected chi connectivity index (χ1v) is 8.29. The molecule has 1 aliphatic rings. The van der Waals surface area contributed by atoms with Gasteiger partial charge in [0.1, 0.15) is 6.54 Å². The molecule has 0 bridgehead atoms. The fourth-order valence-corrected chi connectivity index (χ4v) is 2.95. The summed E-state index contributed by atoms with van der Waals surface area (Å²) in [6.45, 7) is 2.40. The highest BCUT2D eigenvalue weighted by Gasteiger charge is 2.19. The molecule has 5 nitrogen and oxygen atoms in total. The largest absolute Gasteiger partial charge is 0.333 e. The van der Waals surface area contributed by atoms with Gasteiger partial charge in [0.15, 0.2) is 0 Å². The number of amides is 2. The molecule has 1 aromatic carbocycles. The van der Waals surface area contributed by atoms with E-state index in [0.29, 0.717) is 34.3 Å². The zero-order valence-electron chi connectivity index (χ0n) is 12.9. The number of hydrazone groups is 1. The van der Waals surface area contributed by atoms with Gasteiger partial charge in [-0.25, -0.2) is 5.43 Å². The molecule has 1 aliphatic heterocycles. The maximum atomic E-state index is 12.0. The second-order valence-electron chi connectivity index (χ2n) is 5.48. The molecule has 7 heteroatoms. The second-order valence-corrected chi connectivity index (χ2v) is 6.33. The van der Waals surface area contributed by atoms with E-state index in [-0.39, 0.29) is 18.4 Å². The Morgan fingerprint density at radius 1 is 1.30 bits per heavy atom. The van der Waals surface area contributed by atoms with Gasteiger partial charge in [0.25, 0.3) is 5.91 Å². The van der Waals surface area contributed by atoms with Crippen molar-refractivity contribution in [2.24, 2.45) is 5.10 Å². The van der Waals surface area contributed by atoms with Gasteiger partial charge in [0, 0.05) is 23.6 Å². The summed E-state index contributed by atoms with van der Waals surface area (Å²) in [6, 6.07) is 5.07. The van der Waals surface area contributed by atoms with Crippen LogP contribution in [-0.2, 0) is 9.59 Å². The maximum Gasteiger partial charge on any atom is 0.259 e. The van der Waals surface area contributed by atoms with Gasteiger partial charge in [-0.3, -0.25) is 9.59 Å². The number of rotatable bonds is 4. The van der Waals surface area contributed by atoms with Crippen LogP contribution in [0.4, 0.5) is 0 Å². The van der Waals surface area contributed by atoms with E-state index < -0.39 is 0 Å². The Kier molecular flexibility index (Phi) is 6.42. The zero-order chi connectivity index (χ0) is 16.8. The van der Waals surface area contributed by atoms with Crippen molar-refractivity contribution in [1.29, 1.82) is 0 Å². The van der Waals surface area contributed by atoms with Crippen LogP contribution in [0.25, 0.3) is 0 Å². The van der Waals surface area contributed by atoms with Crippen molar-refractivity contribution < 1.29 is 9.59 Å². The van der Waals surface area contributed by atoms with Crippen molar-refractivity contribution >= 4 is 40.7 Å². The fraction of sp³-hybridized carbons (Fsp3) is 0.438. The summed E-state index contributed by atoms with van der Waals surface area (Å²) in [5.41, 5.74) is 3.74. The molecule has 0 saturated carbocycles. The van der Waals surface area contributed by atoms with Crippen LogP contribution < -0.4 is 5.43 Å². The van der Waals surface area contributed by atoms with Crippen molar-refractivity contribution in [1.82, 2.24) is 10.3 Å². The molecule has 0 spiro atoms. The molecule has 1 fully saturated rings. The number of carbonyl (C=O) groups is 2. The number of benzene rings is 1. The van der Waals surface area contributed by atoms with E-state index in [2.05, 4.69) is 10.5 Å². The van der Waals surface area contributed by atoms with Crippen molar-refractivity contribution in [2.75, 3.05) is 13.1 Å². The quantitative estimate of drug-likeness (QED) is 0.665. The van der Waals surface area contributed by atoms with E-state index in [1.54, 1.807) is 30.0 Å². The lowest BCUT2D eigenvalue weighted by molar-refractivity contribution is -0.135. The van der Waals surface area contributed by atoms with Gasteiger partial charge >= 0.3 is 0 Å². The molecule has 0 radical (unpaired) electrons. The number of hydrogen-bond donors (Lipinski definition) is 1. The molecule has 2 rings (SSSR count). The lowest BCUT2D eigenvalue weighted by Crippen LogP contribution is -2.39. The molecule has 0 atom stereocenters. The van der Waals surface area contributed by atoms with Crippen LogP contribution in [0.5, 0.6) is 0 Å². The molecule has 0 aliphatic carbocycles. The van der Waals surface area contributed by atoms with Gasteiger partial charge in [-0.05, 0) is 31.9 Å². The molecular weight excluding hydrogens is 337 g/mol. The Balaban J connectivity index is 1.95. The van der Waals surface area contributed by atoms with E-state index in [1.807, 2.05) is 0 Å². The highest BCUT2D eigenvalue weighted by Crippen LogP contribution is 2.21. The normalized spacial score (nSPS) is 16.2. The minimum atomic E-state index is -0.315. The molecule has 0 unspecified atom stereocenters. The number of nitrogens with zero attached hydrogens (tertiary/aromatic N) is 2. The van der Waals surface area contributed by atoms with Crippen LogP contribution in [0.1, 0.15) is 38.2 Å². The first kappa shape index (κ1) is 17.8. The minimum Gasteiger partial charge on any atom is -0.333 e. The molecule has 1 saturated heterocycles. The number of halogens is 2. The van der Waals surface area contributed by atoms with Crippen LogP contribution in [0.15, 0.2) is 23.3 Å². The first-order valence-electron chi connectivity index (χ1n) is 7.53. The number of likely N-dealkylation sites (tertiary alicyclic amines) is 1. The van der Waals surface area contributed by atoms with Crippen LogP contribution in [0.3, 0.4) is 0 Å². The molecule has 2 amide bonds. The summed E-state index contributed by atoms with van der Waals surface area (Å²) in [7, 11) is 0. The van der Waals surface area contributed by atoms with Crippen LogP contribution in [-0.4, -0.2) is 35.5 Å². The lowest BCUT2D eigenvalue weighted by atomic mass is 10.1. The Morgan fingerprint density at radius 2 is 2.09 bits per heavy atom. The summed E-state index contributed by atoms with van der Waals surface area (Å²) in [5.74, 6) is -0.288. The minimum absolute atomic E-state index is 0.0269. The average molecular weight is 356 g/mol. The first-order chi connectivity index (χ1) is 11.0. The summed E-state index contributed by atoms with van der Waals surface area (Å²) in [5, 5.41) is 5.06. The average Bonchev–Trinajstić information content (AvgIpc) is 2.70. The molecular formula is C16H19Cl2N3O2. The third-order valence-electron chi connectivity index (χ3n) is 3.68. The Morgan fingerprint density at radius 3 is 2.83 bits per heavy atom. The molecule has 124 valence electrons. The third-order valence-corrected chi connectivity index (χ3v) is 4.22. The smallest absolute Gasteiger partial charge is 0.259 e. The van der Waals surface area contributed by atoms with Crippen molar-refractivity contribution in [2.45, 2.75) is 32.6 Å². The molecule has 1 aromatic rings. The Hall–Kier alpha value is -1.59. The predicted molar refractivity (Wildman–Crippen MR) is 91.9 cm³/mol. The van der Waals surface area contributed by atoms with E-state index >= 15 is 0 Å². The number of hydrogen-bond acceptors (Lipinski definition) is 3. The van der Waals surface area contributed by atoms with Crippen LogP contribution in [0, 0.1) is 0 Å². The van der Waals surface area contributed by atoms with E-state index in [0.717, 1.165) is 19.3 Å². The number of nitrogens with one attached hydrogen (secondary N) is 1.